The van der Waals surface area contributed by atoms with Crippen LogP contribution in [-0.4, -0.2) is 36.8 Å². The Morgan fingerprint density at radius 2 is 2.00 bits per heavy atom. The molecule has 3 N–H and O–H groups in total. The molecular weight excluding hydrogens is 261 g/mol. The van der Waals surface area contributed by atoms with Crippen LogP contribution in [0.1, 0.15) is 5.69 Å². The zero-order valence-corrected chi connectivity index (χ0v) is 10.3. The third-order valence-corrected chi connectivity index (χ3v) is 2.05. The molecule has 0 bridgehead atoms. The fraction of sp³-hybridized carbons (Fsp3) is 0.455. The average Bonchev–Trinajstić information content (AvgIpc) is 2.31. The lowest BCUT2D eigenvalue weighted by Crippen LogP contribution is -2.42. The third kappa shape index (κ3) is 7.12. The second-order valence-corrected chi connectivity index (χ2v) is 3.82. The highest BCUT2D eigenvalue weighted by atomic mass is 19.4. The Kier molecular flexibility index (Phi) is 5.40. The van der Waals surface area contributed by atoms with E-state index in [0.717, 1.165) is 5.69 Å². The Balaban J connectivity index is 2.15. The minimum absolute atomic E-state index is 0.194. The smallest absolute Gasteiger partial charge is 0.368 e. The summed E-state index contributed by atoms with van der Waals surface area (Å²) in [7, 11) is 0. The van der Waals surface area contributed by atoms with E-state index in [0.29, 0.717) is 12.4 Å². The van der Waals surface area contributed by atoms with Crippen LogP contribution < -0.4 is 16.0 Å². The number of carbonyl (C=O) groups excluding carboxylic acids is 1. The van der Waals surface area contributed by atoms with Gasteiger partial charge in [-0.2, -0.15) is 13.2 Å². The molecule has 2 amide bonds. The summed E-state index contributed by atoms with van der Waals surface area (Å²) in [6, 6.07) is 4.58. The van der Waals surface area contributed by atoms with Crippen LogP contribution in [0.15, 0.2) is 18.2 Å². The van der Waals surface area contributed by atoms with Crippen molar-refractivity contribution in [2.75, 3.05) is 25.0 Å². The van der Waals surface area contributed by atoms with Crippen LogP contribution in [-0.2, 0) is 0 Å². The molecule has 106 valence electrons. The van der Waals surface area contributed by atoms with Crippen molar-refractivity contribution in [1.29, 1.82) is 0 Å². The van der Waals surface area contributed by atoms with Crippen molar-refractivity contribution >= 4 is 11.8 Å². The number of alkyl halides is 3. The molecule has 0 saturated carbocycles. The summed E-state index contributed by atoms with van der Waals surface area (Å²) in [5.41, 5.74) is 0.848. The topological polar surface area (TPSA) is 66.0 Å². The quantitative estimate of drug-likeness (QED) is 0.717. The zero-order valence-electron chi connectivity index (χ0n) is 10.3. The van der Waals surface area contributed by atoms with Crippen molar-refractivity contribution in [2.45, 2.75) is 13.1 Å². The maximum Gasteiger partial charge on any atom is 0.405 e. The summed E-state index contributed by atoms with van der Waals surface area (Å²) >= 11 is 0. The molecule has 1 heterocycles. The second kappa shape index (κ2) is 6.81. The van der Waals surface area contributed by atoms with Gasteiger partial charge in [0.25, 0.3) is 0 Å². The fourth-order valence-electron chi connectivity index (χ4n) is 1.25. The summed E-state index contributed by atoms with van der Waals surface area (Å²) in [4.78, 5) is 15.2. The van der Waals surface area contributed by atoms with Gasteiger partial charge in [0, 0.05) is 18.8 Å². The van der Waals surface area contributed by atoms with Crippen LogP contribution in [0, 0.1) is 6.92 Å². The van der Waals surface area contributed by atoms with E-state index in [-0.39, 0.29) is 6.54 Å². The van der Waals surface area contributed by atoms with E-state index in [9.17, 15) is 18.0 Å². The maximum atomic E-state index is 11.8. The monoisotopic (exact) mass is 276 g/mol. The highest BCUT2D eigenvalue weighted by molar-refractivity contribution is 5.73. The lowest BCUT2D eigenvalue weighted by molar-refractivity contribution is -0.122. The Labute approximate surface area is 108 Å². The Hall–Kier alpha value is -1.99. The first-order chi connectivity index (χ1) is 8.87. The summed E-state index contributed by atoms with van der Waals surface area (Å²) < 4.78 is 35.4. The van der Waals surface area contributed by atoms with E-state index in [1.165, 1.54) is 0 Å². The minimum atomic E-state index is -4.40. The normalized spacial score (nSPS) is 10.9. The van der Waals surface area contributed by atoms with Crippen molar-refractivity contribution in [3.8, 4) is 0 Å². The average molecular weight is 276 g/mol. The van der Waals surface area contributed by atoms with Crippen molar-refractivity contribution in [1.82, 2.24) is 15.6 Å². The first kappa shape index (κ1) is 15.1. The SMILES string of the molecule is Cc1cccc(NCCNC(=O)NCC(F)(F)F)n1. The molecule has 0 aliphatic carbocycles. The molecule has 1 rings (SSSR count). The van der Waals surface area contributed by atoms with Crippen molar-refractivity contribution in [2.24, 2.45) is 0 Å². The van der Waals surface area contributed by atoms with Gasteiger partial charge in [-0.15, -0.1) is 0 Å². The standard InChI is InChI=1S/C11H15F3N4O/c1-8-3-2-4-9(18-8)15-5-6-16-10(19)17-7-11(12,13)14/h2-4H,5-7H2,1H3,(H,15,18)(H2,16,17,19). The summed E-state index contributed by atoms with van der Waals surface area (Å²) in [6.45, 7) is 1.06. The van der Waals surface area contributed by atoms with E-state index in [1.54, 1.807) is 11.4 Å². The van der Waals surface area contributed by atoms with Crippen LogP contribution in [0.5, 0.6) is 0 Å². The summed E-state index contributed by atoms with van der Waals surface area (Å²) in [5, 5.41) is 6.95. The molecule has 0 saturated heterocycles. The Morgan fingerprint density at radius 3 is 2.63 bits per heavy atom. The van der Waals surface area contributed by atoms with Gasteiger partial charge in [-0.05, 0) is 19.1 Å². The predicted molar refractivity (Wildman–Crippen MR) is 64.9 cm³/mol. The third-order valence-electron chi connectivity index (χ3n) is 2.05. The molecule has 0 radical (unpaired) electrons. The van der Waals surface area contributed by atoms with Gasteiger partial charge in [0.05, 0.1) is 0 Å². The van der Waals surface area contributed by atoms with Gasteiger partial charge in [-0.1, -0.05) is 6.07 Å². The number of carbonyl (C=O) groups is 1. The van der Waals surface area contributed by atoms with Gasteiger partial charge in [0.1, 0.15) is 12.4 Å². The number of aromatic nitrogens is 1. The molecule has 0 aliphatic rings. The van der Waals surface area contributed by atoms with E-state index in [1.807, 2.05) is 19.1 Å². The number of pyridine rings is 1. The number of halogens is 3. The minimum Gasteiger partial charge on any atom is -0.368 e. The summed E-state index contributed by atoms with van der Waals surface area (Å²) in [6.07, 6.45) is -4.40. The molecule has 8 heteroatoms. The van der Waals surface area contributed by atoms with Crippen LogP contribution in [0.4, 0.5) is 23.8 Å². The van der Waals surface area contributed by atoms with Gasteiger partial charge >= 0.3 is 12.2 Å². The zero-order chi connectivity index (χ0) is 14.3. The molecule has 1 aromatic heterocycles. The summed E-state index contributed by atoms with van der Waals surface area (Å²) in [5.74, 6) is 0.650. The molecule has 0 atom stereocenters. The van der Waals surface area contributed by atoms with E-state index >= 15 is 0 Å². The van der Waals surface area contributed by atoms with E-state index < -0.39 is 18.8 Å². The Bertz CT molecular complexity index is 423. The largest absolute Gasteiger partial charge is 0.405 e. The molecule has 19 heavy (non-hydrogen) atoms. The number of hydrogen-bond donors (Lipinski definition) is 3. The number of hydrogen-bond acceptors (Lipinski definition) is 3. The number of nitrogens with one attached hydrogen (secondary N) is 3. The predicted octanol–water partition coefficient (Wildman–Crippen LogP) is 1.66. The Morgan fingerprint density at radius 1 is 1.26 bits per heavy atom. The highest BCUT2D eigenvalue weighted by Gasteiger charge is 2.27. The number of urea groups is 1. The van der Waals surface area contributed by atoms with E-state index in [2.05, 4.69) is 15.6 Å². The first-order valence-electron chi connectivity index (χ1n) is 5.63. The highest BCUT2D eigenvalue weighted by Crippen LogP contribution is 2.11. The van der Waals surface area contributed by atoms with Crippen LogP contribution in [0.3, 0.4) is 0 Å². The van der Waals surface area contributed by atoms with Crippen molar-refractivity contribution in [3.05, 3.63) is 23.9 Å². The number of rotatable bonds is 5. The lowest BCUT2D eigenvalue weighted by atomic mass is 10.4. The van der Waals surface area contributed by atoms with Crippen LogP contribution in [0.2, 0.25) is 0 Å². The fourth-order valence-corrected chi connectivity index (χ4v) is 1.25. The molecule has 0 aliphatic heterocycles. The number of aryl methyl sites for hydroxylation is 1. The lowest BCUT2D eigenvalue weighted by Gasteiger charge is -2.10. The second-order valence-electron chi connectivity index (χ2n) is 3.82. The molecule has 1 aromatic rings. The first-order valence-corrected chi connectivity index (χ1v) is 5.63. The molecule has 0 aromatic carbocycles. The number of nitrogens with zero attached hydrogens (tertiary/aromatic N) is 1. The van der Waals surface area contributed by atoms with Gasteiger partial charge in [-0.25, -0.2) is 9.78 Å². The molecule has 5 nitrogen and oxygen atoms in total. The van der Waals surface area contributed by atoms with Gasteiger partial charge in [0.15, 0.2) is 0 Å². The van der Waals surface area contributed by atoms with Crippen LogP contribution in [0.25, 0.3) is 0 Å². The number of amides is 2. The maximum absolute atomic E-state index is 11.8. The van der Waals surface area contributed by atoms with Gasteiger partial charge in [-0.3, -0.25) is 0 Å². The molecular formula is C11H15F3N4O. The van der Waals surface area contributed by atoms with Gasteiger partial charge in [0.2, 0.25) is 0 Å². The molecule has 0 spiro atoms. The molecule has 0 fully saturated rings. The molecule has 0 unspecified atom stereocenters. The van der Waals surface area contributed by atoms with E-state index in [4.69, 9.17) is 0 Å². The van der Waals surface area contributed by atoms with Crippen molar-refractivity contribution in [3.63, 3.8) is 0 Å². The van der Waals surface area contributed by atoms with Crippen LogP contribution >= 0.6 is 0 Å². The number of anilines is 1. The van der Waals surface area contributed by atoms with Crippen molar-refractivity contribution < 1.29 is 18.0 Å². The van der Waals surface area contributed by atoms with Gasteiger partial charge < -0.3 is 16.0 Å².